The Kier molecular flexibility index (Phi) is 5.51. The lowest BCUT2D eigenvalue weighted by Gasteiger charge is -2.22. The second-order valence-electron chi connectivity index (χ2n) is 4.59. The molecule has 0 spiro atoms. The van der Waals surface area contributed by atoms with Crippen LogP contribution >= 0.6 is 11.3 Å². The van der Waals surface area contributed by atoms with E-state index in [1.54, 1.807) is 11.3 Å². The first kappa shape index (κ1) is 14.2. The topological polar surface area (TPSA) is 45.1 Å². The number of thiazole rings is 1. The molecule has 0 aliphatic rings. The summed E-state index contributed by atoms with van der Waals surface area (Å²) in [6.07, 6.45) is 3.57. The van der Waals surface area contributed by atoms with Gasteiger partial charge < -0.3 is 10.4 Å². The van der Waals surface area contributed by atoms with Crippen LogP contribution in [0.3, 0.4) is 0 Å². The summed E-state index contributed by atoms with van der Waals surface area (Å²) >= 11 is 1.67. The van der Waals surface area contributed by atoms with Gasteiger partial charge in [0.15, 0.2) is 0 Å². The summed E-state index contributed by atoms with van der Waals surface area (Å²) in [4.78, 5) is 4.35. The van der Waals surface area contributed by atoms with Gasteiger partial charge in [-0.2, -0.15) is 0 Å². The predicted molar refractivity (Wildman–Crippen MR) is 79.2 cm³/mol. The molecular weight excluding hydrogens is 256 g/mol. The van der Waals surface area contributed by atoms with Gasteiger partial charge in [-0.15, -0.1) is 11.3 Å². The Balaban J connectivity index is 2.05. The fourth-order valence-corrected chi connectivity index (χ4v) is 2.80. The average Bonchev–Trinajstić information content (AvgIpc) is 2.98. The maximum atomic E-state index is 9.04. The molecule has 0 bridgehead atoms. The van der Waals surface area contributed by atoms with Crippen molar-refractivity contribution in [1.82, 2.24) is 10.3 Å². The highest BCUT2D eigenvalue weighted by molar-refractivity contribution is 7.09. The summed E-state index contributed by atoms with van der Waals surface area (Å²) in [5.41, 5.74) is 1.26. The normalized spacial score (nSPS) is 14.2. The van der Waals surface area contributed by atoms with Gasteiger partial charge in [0, 0.05) is 24.2 Å². The number of aromatic nitrogens is 1. The molecule has 0 radical (unpaired) electrons. The Morgan fingerprint density at radius 3 is 2.74 bits per heavy atom. The molecule has 0 saturated carbocycles. The lowest BCUT2D eigenvalue weighted by molar-refractivity contribution is 0.272. The van der Waals surface area contributed by atoms with Crippen molar-refractivity contribution < 1.29 is 5.11 Å². The van der Waals surface area contributed by atoms with Gasteiger partial charge in [0.25, 0.3) is 0 Å². The zero-order valence-corrected chi connectivity index (χ0v) is 11.9. The van der Waals surface area contributed by atoms with Gasteiger partial charge in [0.1, 0.15) is 5.01 Å². The molecule has 1 aromatic carbocycles. The van der Waals surface area contributed by atoms with Crippen molar-refractivity contribution in [3.63, 3.8) is 0 Å². The van der Waals surface area contributed by atoms with Crippen LogP contribution in [0.2, 0.25) is 0 Å². The van der Waals surface area contributed by atoms with Crippen molar-refractivity contribution in [1.29, 1.82) is 0 Å². The van der Waals surface area contributed by atoms with E-state index in [0.717, 1.165) is 17.8 Å². The highest BCUT2D eigenvalue weighted by atomic mass is 32.1. The summed E-state index contributed by atoms with van der Waals surface area (Å²) in [6, 6.07) is 10.9. The van der Waals surface area contributed by atoms with Gasteiger partial charge >= 0.3 is 0 Å². The number of benzene rings is 1. The minimum absolute atomic E-state index is 0.226. The van der Waals surface area contributed by atoms with Gasteiger partial charge in [0.05, 0.1) is 6.04 Å². The Bertz CT molecular complexity index is 458. The van der Waals surface area contributed by atoms with E-state index in [1.807, 2.05) is 17.6 Å². The van der Waals surface area contributed by atoms with Crippen LogP contribution in [0.1, 0.15) is 42.4 Å². The molecule has 4 heteroatoms. The molecular formula is C15H20N2OS. The SMILES string of the molecule is CC(NC(CCCO)c1ccccc1)c1nccs1. The lowest BCUT2D eigenvalue weighted by Crippen LogP contribution is -2.25. The van der Waals surface area contributed by atoms with E-state index in [0.29, 0.717) is 0 Å². The Labute approximate surface area is 118 Å². The maximum absolute atomic E-state index is 9.04. The van der Waals surface area contributed by atoms with Crippen molar-refractivity contribution in [3.8, 4) is 0 Å². The third-order valence-corrected chi connectivity index (χ3v) is 4.08. The average molecular weight is 276 g/mol. The molecule has 102 valence electrons. The number of aliphatic hydroxyl groups is 1. The molecule has 0 aliphatic heterocycles. The summed E-state index contributed by atoms with van der Waals surface area (Å²) in [5, 5.41) is 15.7. The van der Waals surface area contributed by atoms with Crippen molar-refractivity contribution in [2.45, 2.75) is 31.8 Å². The first-order valence-corrected chi connectivity index (χ1v) is 7.50. The van der Waals surface area contributed by atoms with Gasteiger partial charge in [-0.1, -0.05) is 30.3 Å². The molecule has 0 fully saturated rings. The van der Waals surface area contributed by atoms with E-state index in [-0.39, 0.29) is 18.7 Å². The lowest BCUT2D eigenvalue weighted by atomic mass is 10.0. The van der Waals surface area contributed by atoms with E-state index >= 15 is 0 Å². The van der Waals surface area contributed by atoms with E-state index in [9.17, 15) is 0 Å². The number of nitrogens with zero attached hydrogens (tertiary/aromatic N) is 1. The van der Waals surface area contributed by atoms with Crippen LogP contribution in [-0.4, -0.2) is 16.7 Å². The zero-order chi connectivity index (χ0) is 13.5. The quantitative estimate of drug-likeness (QED) is 0.815. The molecule has 3 nitrogen and oxygen atoms in total. The Hall–Kier alpha value is -1.23. The highest BCUT2D eigenvalue weighted by Crippen LogP contribution is 2.24. The standard InChI is InChI=1S/C15H20N2OS/c1-12(15-16-9-11-19-15)17-14(8-5-10-18)13-6-3-2-4-7-13/h2-4,6-7,9,11-12,14,17-18H,5,8,10H2,1H3. The van der Waals surface area contributed by atoms with E-state index in [2.05, 4.69) is 41.5 Å². The number of hydrogen-bond acceptors (Lipinski definition) is 4. The molecule has 2 N–H and O–H groups in total. The molecule has 2 aromatic rings. The smallest absolute Gasteiger partial charge is 0.109 e. The molecule has 2 unspecified atom stereocenters. The van der Waals surface area contributed by atoms with E-state index in [4.69, 9.17) is 5.11 Å². The fourth-order valence-electron chi connectivity index (χ4n) is 2.15. The number of aliphatic hydroxyl groups excluding tert-OH is 1. The van der Waals surface area contributed by atoms with Gasteiger partial charge in [-0.3, -0.25) is 0 Å². The highest BCUT2D eigenvalue weighted by Gasteiger charge is 2.16. The van der Waals surface area contributed by atoms with Crippen molar-refractivity contribution in [3.05, 3.63) is 52.5 Å². The molecule has 19 heavy (non-hydrogen) atoms. The molecule has 0 aliphatic carbocycles. The van der Waals surface area contributed by atoms with Crippen molar-refractivity contribution in [2.24, 2.45) is 0 Å². The summed E-state index contributed by atoms with van der Waals surface area (Å²) in [6.45, 7) is 2.37. The summed E-state index contributed by atoms with van der Waals surface area (Å²) in [7, 11) is 0. The molecule has 2 atom stereocenters. The Morgan fingerprint density at radius 1 is 1.32 bits per heavy atom. The third-order valence-electron chi connectivity index (χ3n) is 3.13. The van der Waals surface area contributed by atoms with Crippen LogP contribution in [0.4, 0.5) is 0 Å². The number of nitrogens with one attached hydrogen (secondary N) is 1. The second-order valence-corrected chi connectivity index (χ2v) is 5.51. The van der Waals surface area contributed by atoms with Crippen LogP contribution in [0, 0.1) is 0 Å². The number of rotatable bonds is 7. The van der Waals surface area contributed by atoms with Crippen molar-refractivity contribution >= 4 is 11.3 Å². The first-order chi connectivity index (χ1) is 9.31. The summed E-state index contributed by atoms with van der Waals surface area (Å²) < 4.78 is 0. The van der Waals surface area contributed by atoms with Crippen LogP contribution in [-0.2, 0) is 0 Å². The van der Waals surface area contributed by atoms with E-state index < -0.39 is 0 Å². The molecule has 0 amide bonds. The van der Waals surface area contributed by atoms with Crippen LogP contribution in [0.15, 0.2) is 41.9 Å². The van der Waals surface area contributed by atoms with Crippen LogP contribution < -0.4 is 5.32 Å². The fraction of sp³-hybridized carbons (Fsp3) is 0.400. The minimum atomic E-state index is 0.226. The molecule has 1 aromatic heterocycles. The van der Waals surface area contributed by atoms with Crippen LogP contribution in [0.5, 0.6) is 0 Å². The van der Waals surface area contributed by atoms with Crippen molar-refractivity contribution in [2.75, 3.05) is 6.61 Å². The van der Waals surface area contributed by atoms with Gasteiger partial charge in [0.2, 0.25) is 0 Å². The zero-order valence-electron chi connectivity index (χ0n) is 11.1. The summed E-state index contributed by atoms with van der Waals surface area (Å²) in [5.74, 6) is 0. The Morgan fingerprint density at radius 2 is 2.11 bits per heavy atom. The number of hydrogen-bond donors (Lipinski definition) is 2. The molecule has 0 saturated heterocycles. The molecule has 2 rings (SSSR count). The van der Waals surface area contributed by atoms with E-state index in [1.165, 1.54) is 5.56 Å². The van der Waals surface area contributed by atoms with Gasteiger partial charge in [-0.25, -0.2) is 4.98 Å². The first-order valence-electron chi connectivity index (χ1n) is 6.62. The third kappa shape index (κ3) is 4.13. The predicted octanol–water partition coefficient (Wildman–Crippen LogP) is 3.31. The maximum Gasteiger partial charge on any atom is 0.109 e. The van der Waals surface area contributed by atoms with Gasteiger partial charge in [-0.05, 0) is 25.3 Å². The minimum Gasteiger partial charge on any atom is -0.396 e. The van der Waals surface area contributed by atoms with Crippen LogP contribution in [0.25, 0.3) is 0 Å². The largest absolute Gasteiger partial charge is 0.396 e. The monoisotopic (exact) mass is 276 g/mol. The molecule has 1 heterocycles. The second kappa shape index (κ2) is 7.38.